The number of amides is 1. The van der Waals surface area contributed by atoms with Gasteiger partial charge in [-0.3, -0.25) is 4.79 Å². The third-order valence-corrected chi connectivity index (χ3v) is 5.83. The van der Waals surface area contributed by atoms with Gasteiger partial charge in [0.2, 0.25) is 5.91 Å². The van der Waals surface area contributed by atoms with Crippen molar-refractivity contribution in [1.82, 2.24) is 4.90 Å². The second kappa shape index (κ2) is 4.21. The highest BCUT2D eigenvalue weighted by atomic mass is 16.5. The molecule has 3 heteroatoms. The van der Waals surface area contributed by atoms with Gasteiger partial charge in [0.15, 0.2) is 0 Å². The maximum absolute atomic E-state index is 12.3. The second-order valence-electron chi connectivity index (χ2n) is 7.77. The zero-order valence-corrected chi connectivity index (χ0v) is 12.7. The van der Waals surface area contributed by atoms with Crippen molar-refractivity contribution in [2.75, 3.05) is 13.1 Å². The molecule has 3 fully saturated rings. The van der Waals surface area contributed by atoms with E-state index in [4.69, 9.17) is 4.74 Å². The number of hydrogen-bond donors (Lipinski definition) is 0. The molecule has 0 N–H and O–H groups in total. The number of likely N-dealkylation sites (tertiary alicyclic amines) is 1. The number of nitrogens with zero attached hydrogens (tertiary/aromatic N) is 1. The molecule has 2 saturated carbocycles. The molecule has 1 amide bonds. The zero-order chi connectivity index (χ0) is 13.8. The second-order valence-corrected chi connectivity index (χ2v) is 7.77. The number of piperidine rings is 1. The predicted molar refractivity (Wildman–Crippen MR) is 74.8 cm³/mol. The molecule has 0 aromatic carbocycles. The summed E-state index contributed by atoms with van der Waals surface area (Å²) >= 11 is 0. The Morgan fingerprint density at radius 3 is 2.32 bits per heavy atom. The zero-order valence-electron chi connectivity index (χ0n) is 12.7. The van der Waals surface area contributed by atoms with E-state index in [-0.39, 0.29) is 11.7 Å². The van der Waals surface area contributed by atoms with Gasteiger partial charge >= 0.3 is 0 Å². The number of fused-ring (bicyclic) bond motifs is 1. The van der Waals surface area contributed by atoms with Crippen molar-refractivity contribution in [3.8, 4) is 0 Å². The van der Waals surface area contributed by atoms with Crippen LogP contribution in [0.2, 0.25) is 0 Å². The van der Waals surface area contributed by atoms with Crippen LogP contribution in [0.5, 0.6) is 0 Å². The quantitative estimate of drug-likeness (QED) is 0.782. The van der Waals surface area contributed by atoms with Crippen LogP contribution in [0.25, 0.3) is 0 Å². The molecule has 3 aliphatic rings. The van der Waals surface area contributed by atoms with Crippen LogP contribution in [0.4, 0.5) is 0 Å². The molecule has 19 heavy (non-hydrogen) atoms. The molecule has 0 aromatic heterocycles. The van der Waals surface area contributed by atoms with E-state index in [9.17, 15) is 4.79 Å². The Bertz CT molecular complexity index is 372. The van der Waals surface area contributed by atoms with E-state index in [0.29, 0.717) is 17.7 Å². The standard InChI is InChI=1S/C16H27NO2/c1-11(19-16(4)6-5-7-16)8-14(18)17-9-12-13(10-17)15(12,2)3/h11-13H,5-10H2,1-4H3/t11-,12?,13?/m1/s1. The summed E-state index contributed by atoms with van der Waals surface area (Å²) in [5.74, 6) is 1.78. The minimum absolute atomic E-state index is 0.0504. The van der Waals surface area contributed by atoms with E-state index in [2.05, 4.69) is 25.7 Å². The smallest absolute Gasteiger partial charge is 0.225 e. The van der Waals surface area contributed by atoms with Crippen molar-refractivity contribution in [2.45, 2.75) is 65.1 Å². The van der Waals surface area contributed by atoms with Crippen LogP contribution in [0.1, 0.15) is 53.4 Å². The first-order valence-electron chi connectivity index (χ1n) is 7.77. The van der Waals surface area contributed by atoms with Gasteiger partial charge in [0.05, 0.1) is 18.1 Å². The normalized spacial score (nSPS) is 35.5. The van der Waals surface area contributed by atoms with Crippen molar-refractivity contribution < 1.29 is 9.53 Å². The summed E-state index contributed by atoms with van der Waals surface area (Å²) < 4.78 is 6.04. The summed E-state index contributed by atoms with van der Waals surface area (Å²) in [5.41, 5.74) is 0.535. The lowest BCUT2D eigenvalue weighted by atomic mass is 9.81. The van der Waals surface area contributed by atoms with Gasteiger partial charge in [0.25, 0.3) is 0 Å². The summed E-state index contributed by atoms with van der Waals surface area (Å²) in [4.78, 5) is 14.3. The Morgan fingerprint density at radius 1 is 1.26 bits per heavy atom. The number of carbonyl (C=O) groups is 1. The van der Waals surface area contributed by atoms with Gasteiger partial charge in [0.1, 0.15) is 0 Å². The predicted octanol–water partition coefficient (Wildman–Crippen LogP) is 2.84. The molecule has 3 rings (SSSR count). The number of hydrogen-bond acceptors (Lipinski definition) is 2. The molecule has 2 aliphatic carbocycles. The molecule has 0 bridgehead atoms. The van der Waals surface area contributed by atoms with Crippen LogP contribution in [0, 0.1) is 17.3 Å². The van der Waals surface area contributed by atoms with Crippen molar-refractivity contribution in [3.63, 3.8) is 0 Å². The first-order valence-corrected chi connectivity index (χ1v) is 7.77. The van der Waals surface area contributed by atoms with Crippen molar-refractivity contribution in [3.05, 3.63) is 0 Å². The Kier molecular flexibility index (Phi) is 2.97. The van der Waals surface area contributed by atoms with E-state index in [1.54, 1.807) is 0 Å². The van der Waals surface area contributed by atoms with Gasteiger partial charge in [-0.05, 0) is 50.4 Å². The fraction of sp³-hybridized carbons (Fsp3) is 0.938. The molecular weight excluding hydrogens is 238 g/mol. The van der Waals surface area contributed by atoms with E-state index in [0.717, 1.165) is 37.8 Å². The van der Waals surface area contributed by atoms with Crippen LogP contribution in [0.15, 0.2) is 0 Å². The SMILES string of the molecule is C[C@H](CC(=O)N1CC2C(C1)C2(C)C)OC1(C)CCC1. The first kappa shape index (κ1) is 13.4. The van der Waals surface area contributed by atoms with Crippen LogP contribution in [-0.4, -0.2) is 35.6 Å². The molecule has 1 aliphatic heterocycles. The third kappa shape index (κ3) is 2.31. The van der Waals surface area contributed by atoms with Crippen LogP contribution in [-0.2, 0) is 9.53 Å². The van der Waals surface area contributed by atoms with Gasteiger partial charge in [0, 0.05) is 13.1 Å². The van der Waals surface area contributed by atoms with Gasteiger partial charge in [-0.25, -0.2) is 0 Å². The summed E-state index contributed by atoms with van der Waals surface area (Å²) in [6, 6.07) is 0. The Hall–Kier alpha value is -0.570. The topological polar surface area (TPSA) is 29.5 Å². The van der Waals surface area contributed by atoms with Gasteiger partial charge in [-0.1, -0.05) is 13.8 Å². The average molecular weight is 265 g/mol. The molecule has 1 saturated heterocycles. The molecule has 3 nitrogen and oxygen atoms in total. The fourth-order valence-electron chi connectivity index (χ4n) is 4.03. The van der Waals surface area contributed by atoms with E-state index in [1.165, 1.54) is 6.42 Å². The van der Waals surface area contributed by atoms with Crippen LogP contribution >= 0.6 is 0 Å². The monoisotopic (exact) mass is 265 g/mol. The molecule has 0 radical (unpaired) electrons. The van der Waals surface area contributed by atoms with Crippen molar-refractivity contribution >= 4 is 5.91 Å². The van der Waals surface area contributed by atoms with Gasteiger partial charge in [-0.15, -0.1) is 0 Å². The lowest BCUT2D eigenvalue weighted by molar-refractivity contribution is -0.146. The van der Waals surface area contributed by atoms with E-state index >= 15 is 0 Å². The lowest BCUT2D eigenvalue weighted by Gasteiger charge is -2.40. The van der Waals surface area contributed by atoms with Crippen LogP contribution < -0.4 is 0 Å². The average Bonchev–Trinajstić information content (AvgIpc) is 2.66. The molecule has 108 valence electrons. The molecule has 0 spiro atoms. The molecule has 1 heterocycles. The Balaban J connectivity index is 1.45. The van der Waals surface area contributed by atoms with Gasteiger partial charge < -0.3 is 9.64 Å². The number of carbonyl (C=O) groups excluding carboxylic acids is 1. The highest BCUT2D eigenvalue weighted by Gasteiger charge is 2.62. The maximum Gasteiger partial charge on any atom is 0.225 e. The number of ether oxygens (including phenoxy) is 1. The maximum atomic E-state index is 12.3. The van der Waals surface area contributed by atoms with Crippen LogP contribution in [0.3, 0.4) is 0 Å². The highest BCUT2D eigenvalue weighted by molar-refractivity contribution is 5.77. The van der Waals surface area contributed by atoms with Crippen molar-refractivity contribution in [2.24, 2.45) is 17.3 Å². The largest absolute Gasteiger partial charge is 0.372 e. The Labute approximate surface area is 116 Å². The summed E-state index contributed by atoms with van der Waals surface area (Å²) in [7, 11) is 0. The summed E-state index contributed by atoms with van der Waals surface area (Å²) in [6.45, 7) is 10.8. The molecular formula is C16H27NO2. The lowest BCUT2D eigenvalue weighted by Crippen LogP contribution is -2.41. The van der Waals surface area contributed by atoms with Gasteiger partial charge in [-0.2, -0.15) is 0 Å². The summed E-state index contributed by atoms with van der Waals surface area (Å²) in [6.07, 6.45) is 4.17. The minimum atomic E-state index is 0.0504. The fourth-order valence-corrected chi connectivity index (χ4v) is 4.03. The highest BCUT2D eigenvalue weighted by Crippen LogP contribution is 2.61. The van der Waals surface area contributed by atoms with E-state index < -0.39 is 0 Å². The summed E-state index contributed by atoms with van der Waals surface area (Å²) in [5, 5.41) is 0. The molecule has 2 unspecified atom stereocenters. The minimum Gasteiger partial charge on any atom is -0.372 e. The first-order chi connectivity index (χ1) is 8.82. The number of rotatable bonds is 4. The van der Waals surface area contributed by atoms with E-state index in [1.807, 2.05) is 6.92 Å². The molecule has 0 aromatic rings. The van der Waals surface area contributed by atoms with Crippen molar-refractivity contribution in [1.29, 1.82) is 0 Å². The Morgan fingerprint density at radius 2 is 1.84 bits per heavy atom. The third-order valence-electron chi connectivity index (χ3n) is 5.83. The molecule has 3 atom stereocenters.